The van der Waals surface area contributed by atoms with Crippen molar-refractivity contribution in [2.75, 3.05) is 57.2 Å². The number of benzene rings is 10. The topological polar surface area (TPSA) is 273 Å². The zero-order chi connectivity index (χ0) is 92.4. The van der Waals surface area contributed by atoms with Crippen molar-refractivity contribution in [3.05, 3.63) is 363 Å². The molecule has 0 fully saturated rings. The van der Waals surface area contributed by atoms with Crippen molar-refractivity contribution in [3.8, 4) is 0 Å². The van der Waals surface area contributed by atoms with E-state index in [4.69, 9.17) is 58.0 Å². The van der Waals surface area contributed by atoms with E-state index in [1.807, 2.05) is 54.6 Å². The van der Waals surface area contributed by atoms with Gasteiger partial charge in [0.2, 0.25) is 0 Å². The van der Waals surface area contributed by atoms with Crippen LogP contribution in [-0.2, 0) is 59.3 Å². The van der Waals surface area contributed by atoms with Crippen LogP contribution in [0.4, 0.5) is 56.9 Å². The second-order valence-corrected chi connectivity index (χ2v) is 39.2. The normalized spacial score (nSPS) is 14.8. The molecule has 0 atom stereocenters. The van der Waals surface area contributed by atoms with Gasteiger partial charge in [0, 0.05) is 179 Å². The SMILES string of the molecule is Cc1ccc2c(c1)C(C)(C)c1cc(Cl)ccc1N2CCc1ccnn1O.Cc1ccc2c(c1)C(C)(C)c1cc(Cl)ccc1N2CCc1cnnn1O.Cc1ccc2c(c1)C(C)(C)c1cc(Cl)ccc1N2CCc1noc(=O)[nH]1.Cc1ccc2c(c1)C(C)(C)c1cc(Cl)ccc1N2CCc1ns[nH]c1=O.Cc1ccc2c(c1)C(C)(C)c1cc(Cl)ccc1N2CCn1nn[nH]c1=O. The molecule has 10 aromatic carbocycles. The summed E-state index contributed by atoms with van der Waals surface area (Å²) in [6.45, 7) is 36.8. The molecule has 0 saturated heterocycles. The lowest BCUT2D eigenvalue weighted by Gasteiger charge is -2.42. The van der Waals surface area contributed by atoms with Gasteiger partial charge in [0.15, 0.2) is 5.82 Å². The van der Waals surface area contributed by atoms with Crippen molar-refractivity contribution in [2.24, 2.45) is 0 Å². The first-order valence-corrected chi connectivity index (χ1v) is 45.8. The molecule has 0 aliphatic carbocycles. The Kier molecular flexibility index (Phi) is 25.4. The monoisotopic (exact) mass is 1860 g/mol. The van der Waals surface area contributed by atoms with Gasteiger partial charge in [-0.2, -0.15) is 9.06 Å². The molecule has 5 aromatic heterocycles. The number of hydrogen-bond acceptors (Lipinski definition) is 19. The van der Waals surface area contributed by atoms with E-state index in [-0.39, 0.29) is 38.3 Å². The van der Waals surface area contributed by atoms with Gasteiger partial charge in [0.05, 0.1) is 24.6 Å². The maximum Gasteiger partial charge on any atom is 0.438 e. The maximum absolute atomic E-state index is 11.8. The highest BCUT2D eigenvalue weighted by Gasteiger charge is 2.43. The van der Waals surface area contributed by atoms with Crippen molar-refractivity contribution in [1.82, 2.24) is 64.2 Å². The average molecular weight is 1860 g/mol. The number of halogens is 5. The molecule has 5 aliphatic rings. The van der Waals surface area contributed by atoms with Gasteiger partial charge in [-0.1, -0.05) is 226 Å². The lowest BCUT2D eigenvalue weighted by molar-refractivity contribution is 0.134. The first-order chi connectivity index (χ1) is 61.9. The minimum atomic E-state index is -0.525. The van der Waals surface area contributed by atoms with Crippen molar-refractivity contribution >= 4 is 127 Å². The Bertz CT molecular complexity index is 6370. The van der Waals surface area contributed by atoms with Crippen LogP contribution in [0.1, 0.15) is 176 Å². The summed E-state index contributed by atoms with van der Waals surface area (Å²) in [5.41, 5.74) is 31.0. The number of rotatable bonds is 15. The molecule has 0 spiro atoms. The smallest absolute Gasteiger partial charge is 0.411 e. The number of anilines is 10. The van der Waals surface area contributed by atoms with E-state index >= 15 is 0 Å². The van der Waals surface area contributed by atoms with Crippen LogP contribution < -0.4 is 41.5 Å². The number of aryl methyl sites for hydroxylation is 5. The predicted octanol–water partition coefficient (Wildman–Crippen LogP) is 22.2. The Balaban J connectivity index is 0.000000119. The van der Waals surface area contributed by atoms with Gasteiger partial charge in [-0.25, -0.2) is 14.7 Å². The molecule has 5 aliphatic heterocycles. The van der Waals surface area contributed by atoms with Crippen LogP contribution in [0.2, 0.25) is 25.1 Å². The Morgan fingerprint density at radius 2 is 0.700 bits per heavy atom. The van der Waals surface area contributed by atoms with Crippen LogP contribution in [0, 0.1) is 34.6 Å². The van der Waals surface area contributed by atoms with Crippen molar-refractivity contribution in [2.45, 2.75) is 163 Å². The van der Waals surface area contributed by atoms with E-state index in [2.05, 4.69) is 316 Å². The zero-order valence-corrected chi connectivity index (χ0v) is 79.8. The quantitative estimate of drug-likeness (QED) is 0.0597. The lowest BCUT2D eigenvalue weighted by Crippen LogP contribution is -2.35. The summed E-state index contributed by atoms with van der Waals surface area (Å²) in [6, 6.07) is 64.9. The minimum Gasteiger partial charge on any atom is -0.411 e. The fourth-order valence-electron chi connectivity index (χ4n) is 18.8. The summed E-state index contributed by atoms with van der Waals surface area (Å²) < 4.78 is 12.8. The summed E-state index contributed by atoms with van der Waals surface area (Å²) in [5, 5.41) is 47.9. The molecule has 5 N–H and O–H groups in total. The van der Waals surface area contributed by atoms with Crippen LogP contribution in [-0.4, -0.2) is 107 Å². The van der Waals surface area contributed by atoms with Gasteiger partial charge in [-0.15, -0.1) is 15.0 Å². The number of fused-ring (bicyclic) bond motifs is 10. The summed E-state index contributed by atoms with van der Waals surface area (Å²) in [6.07, 6.45) is 5.67. The van der Waals surface area contributed by atoms with Crippen LogP contribution in [0.25, 0.3) is 0 Å². The van der Waals surface area contributed by atoms with E-state index in [9.17, 15) is 24.8 Å². The van der Waals surface area contributed by atoms with Gasteiger partial charge >= 0.3 is 11.4 Å². The number of nitrogens with one attached hydrogen (secondary N) is 3. The summed E-state index contributed by atoms with van der Waals surface area (Å²) >= 11 is 32.7. The Hall–Kier alpha value is -12.2. The Morgan fingerprint density at radius 3 is 0.992 bits per heavy atom. The van der Waals surface area contributed by atoms with E-state index in [1.54, 1.807) is 12.4 Å². The molecule has 30 heteroatoms. The molecule has 24 nitrogen and oxygen atoms in total. The molecule has 0 unspecified atom stereocenters. The molecule has 670 valence electrons. The number of nitrogens with zero attached hydrogens (tertiary/aromatic N) is 15. The third kappa shape index (κ3) is 17.9. The van der Waals surface area contributed by atoms with Gasteiger partial charge in [-0.05, 0) is 233 Å². The van der Waals surface area contributed by atoms with Crippen LogP contribution in [0.3, 0.4) is 0 Å². The molecule has 0 radical (unpaired) electrons. The van der Waals surface area contributed by atoms with Crippen molar-refractivity contribution in [1.29, 1.82) is 0 Å². The van der Waals surface area contributed by atoms with E-state index in [0.717, 1.165) is 87.2 Å². The van der Waals surface area contributed by atoms with Gasteiger partial charge < -0.3 is 34.9 Å². The summed E-state index contributed by atoms with van der Waals surface area (Å²) in [5.74, 6) is 0.0204. The van der Waals surface area contributed by atoms with Gasteiger partial charge in [-0.3, -0.25) is 18.7 Å². The third-order valence-electron chi connectivity index (χ3n) is 25.9. The molecule has 0 bridgehead atoms. The number of tetrazole rings is 1. The van der Waals surface area contributed by atoms with Crippen molar-refractivity contribution < 1.29 is 14.9 Å². The van der Waals surface area contributed by atoms with E-state index in [1.165, 1.54) is 117 Å². The second-order valence-electron chi connectivity index (χ2n) is 36.5. The fourth-order valence-corrected chi connectivity index (χ4v) is 20.2. The Morgan fingerprint density at radius 1 is 0.377 bits per heavy atom. The van der Waals surface area contributed by atoms with Gasteiger partial charge in [0.1, 0.15) is 11.4 Å². The highest BCUT2D eigenvalue weighted by molar-refractivity contribution is 6.99. The molecule has 130 heavy (non-hydrogen) atoms. The van der Waals surface area contributed by atoms with Crippen LogP contribution >= 0.6 is 69.7 Å². The zero-order valence-electron chi connectivity index (χ0n) is 75.2. The molecular formula is C100H103Cl5N18O6S. The second kappa shape index (κ2) is 36.3. The van der Waals surface area contributed by atoms with E-state index in [0.29, 0.717) is 75.6 Å². The third-order valence-corrected chi connectivity index (χ3v) is 27.7. The first-order valence-electron chi connectivity index (χ1n) is 43.2. The highest BCUT2D eigenvalue weighted by Crippen LogP contribution is 2.56. The Labute approximate surface area is 783 Å². The highest BCUT2D eigenvalue weighted by atomic mass is 35.5. The molecule has 20 rings (SSSR count). The standard InChI is InChI=1S/C21H22ClN3O.C20H21ClN4O.C20H20ClN3O2.C20H20ClN3OS.C19H20ClN5O/c1-14-4-6-19-17(12-14)21(2,3)18-13-15(22)5-7-20(18)24(19)11-9-16-8-10-23-25(16)26;1-13-4-6-18-16(10-13)20(2,3)17-11-14(21)5-7-19(17)24(18)9-8-15-12-22-23-25(15)26;1-12-4-6-16-14(10-12)20(2,3)15-11-13(21)5-7-17(15)24(16)9-8-18-22-19(25)26-23-18;1-12-4-6-17-14(10-12)20(2,3)15-11-13(21)5-7-18(15)24(17)9-8-16-19(25)23-26-22-16;1-12-4-6-16-14(10-12)19(2,3)15-11-13(20)5-7-17(15)24(16)8-9-25-18(26)21-22-23-25/h4-8,10,12-13,26H,9,11H2,1-3H3;4-7,10-12,26H,8-9H2,1-3H3;4-7,10-11H,8-9H2,1-3H3,(H,22,23,25);4-7,10-11H,8-9H2,1-3H3,(H,23,25);4-7,10-11H,8-9H2,1-3H3,(H,21,23,26). The molecule has 15 aromatic rings. The van der Waals surface area contributed by atoms with Crippen molar-refractivity contribution in [3.63, 3.8) is 0 Å². The molecule has 0 amide bonds. The molecule has 10 heterocycles. The summed E-state index contributed by atoms with van der Waals surface area (Å²) in [7, 11) is 0. The fraction of sp³-hybridized carbons (Fsp3) is 0.300. The average Bonchev–Trinajstić information content (AvgIpc) is 1.06. The number of aromatic nitrogens is 13. The minimum absolute atomic E-state index is 0.0900. The largest absolute Gasteiger partial charge is 0.438 e. The number of hydrogen-bond donors (Lipinski definition) is 5. The predicted molar refractivity (Wildman–Crippen MR) is 521 cm³/mol. The lowest BCUT2D eigenvalue weighted by atomic mass is 9.73. The van der Waals surface area contributed by atoms with E-state index < -0.39 is 5.76 Å². The number of aromatic amines is 3. The van der Waals surface area contributed by atoms with Crippen LogP contribution in [0.15, 0.2) is 219 Å². The molecular weight excluding hydrogens is 1760 g/mol. The number of H-pyrrole nitrogens is 3. The summed E-state index contributed by atoms with van der Waals surface area (Å²) in [4.78, 5) is 50.5. The maximum atomic E-state index is 11.8. The molecule has 0 saturated carbocycles. The van der Waals surface area contributed by atoms with Gasteiger partial charge in [0.25, 0.3) is 5.56 Å². The first kappa shape index (κ1) is 91.1. The van der Waals surface area contributed by atoms with Crippen LogP contribution in [0.5, 0.6) is 0 Å².